The van der Waals surface area contributed by atoms with E-state index in [2.05, 4.69) is 47.1 Å². The Balaban J connectivity index is 2.12. The van der Waals surface area contributed by atoms with Crippen molar-refractivity contribution in [2.45, 2.75) is 18.2 Å². The lowest BCUT2D eigenvalue weighted by Crippen LogP contribution is -1.96. The van der Waals surface area contributed by atoms with Crippen molar-refractivity contribution in [2.24, 2.45) is 0 Å². The Morgan fingerprint density at radius 2 is 1.94 bits per heavy atom. The standard InChI is InChI=1S/C15H17BrO2/c1-11-7-10-18-15(11)14(16)13-5-3-12(4-6-13)8-9-17-2/h3-7,10,14H,8-9H2,1-2H3. The third-order valence-corrected chi connectivity index (χ3v) is 3.94. The normalized spacial score (nSPS) is 12.6. The maximum atomic E-state index is 5.51. The number of halogens is 1. The van der Waals surface area contributed by atoms with Crippen LogP contribution in [0.1, 0.15) is 27.3 Å². The van der Waals surface area contributed by atoms with E-state index in [-0.39, 0.29) is 4.83 Å². The third kappa shape index (κ3) is 3.03. The molecule has 0 spiro atoms. The SMILES string of the molecule is COCCc1ccc(C(Br)c2occc2C)cc1. The van der Waals surface area contributed by atoms with Crippen LogP contribution >= 0.6 is 15.9 Å². The zero-order valence-electron chi connectivity index (χ0n) is 10.7. The van der Waals surface area contributed by atoms with E-state index in [0.717, 1.165) is 18.8 Å². The van der Waals surface area contributed by atoms with Crippen molar-refractivity contribution in [1.82, 2.24) is 0 Å². The molecular formula is C15H17BrO2. The molecule has 96 valence electrons. The number of benzene rings is 1. The van der Waals surface area contributed by atoms with Gasteiger partial charge in [0.25, 0.3) is 0 Å². The predicted molar refractivity (Wildman–Crippen MR) is 76.2 cm³/mol. The molecule has 2 aromatic rings. The molecule has 0 radical (unpaired) electrons. The van der Waals surface area contributed by atoms with Crippen LogP contribution in [0.25, 0.3) is 0 Å². The molecule has 2 nitrogen and oxygen atoms in total. The first-order valence-electron chi connectivity index (χ1n) is 5.98. The average molecular weight is 309 g/mol. The summed E-state index contributed by atoms with van der Waals surface area (Å²) < 4.78 is 10.6. The first-order valence-corrected chi connectivity index (χ1v) is 6.89. The lowest BCUT2D eigenvalue weighted by Gasteiger charge is -2.09. The minimum atomic E-state index is 0.115. The second kappa shape index (κ2) is 6.21. The van der Waals surface area contributed by atoms with Crippen LogP contribution in [0.15, 0.2) is 41.0 Å². The highest BCUT2D eigenvalue weighted by molar-refractivity contribution is 9.09. The second-order valence-electron chi connectivity index (χ2n) is 4.31. The van der Waals surface area contributed by atoms with E-state index >= 15 is 0 Å². The van der Waals surface area contributed by atoms with Gasteiger partial charge in [-0.3, -0.25) is 0 Å². The molecule has 0 aliphatic carbocycles. The molecule has 18 heavy (non-hydrogen) atoms. The highest BCUT2D eigenvalue weighted by Crippen LogP contribution is 2.33. The largest absolute Gasteiger partial charge is 0.468 e. The fraction of sp³-hybridized carbons (Fsp3) is 0.333. The highest BCUT2D eigenvalue weighted by atomic mass is 79.9. The van der Waals surface area contributed by atoms with Crippen LogP contribution in [-0.2, 0) is 11.2 Å². The zero-order chi connectivity index (χ0) is 13.0. The van der Waals surface area contributed by atoms with Crippen molar-refractivity contribution in [2.75, 3.05) is 13.7 Å². The predicted octanol–water partition coefficient (Wildman–Crippen LogP) is 4.26. The summed E-state index contributed by atoms with van der Waals surface area (Å²) in [6.45, 7) is 2.81. The van der Waals surface area contributed by atoms with Gasteiger partial charge in [0.1, 0.15) is 5.76 Å². The monoisotopic (exact) mass is 308 g/mol. The Morgan fingerprint density at radius 3 is 2.50 bits per heavy atom. The van der Waals surface area contributed by atoms with Crippen molar-refractivity contribution in [3.05, 3.63) is 59.0 Å². The summed E-state index contributed by atoms with van der Waals surface area (Å²) >= 11 is 3.68. The molecule has 1 unspecified atom stereocenters. The minimum absolute atomic E-state index is 0.115. The minimum Gasteiger partial charge on any atom is -0.468 e. The smallest absolute Gasteiger partial charge is 0.124 e. The first kappa shape index (κ1) is 13.4. The fourth-order valence-electron chi connectivity index (χ4n) is 1.87. The zero-order valence-corrected chi connectivity index (χ0v) is 12.2. The number of aryl methyl sites for hydroxylation is 1. The molecule has 0 fully saturated rings. The molecule has 1 atom stereocenters. The summed E-state index contributed by atoms with van der Waals surface area (Å²) in [6.07, 6.45) is 2.68. The van der Waals surface area contributed by atoms with E-state index in [1.807, 2.05) is 6.07 Å². The molecule has 1 aromatic carbocycles. The van der Waals surface area contributed by atoms with Crippen molar-refractivity contribution < 1.29 is 9.15 Å². The summed E-state index contributed by atoms with van der Waals surface area (Å²) in [5.74, 6) is 0.972. The quantitative estimate of drug-likeness (QED) is 0.770. The summed E-state index contributed by atoms with van der Waals surface area (Å²) in [7, 11) is 1.72. The molecule has 0 aliphatic rings. The highest BCUT2D eigenvalue weighted by Gasteiger charge is 2.15. The molecule has 0 N–H and O–H groups in total. The van der Waals surface area contributed by atoms with Gasteiger partial charge in [-0.15, -0.1) is 0 Å². The number of rotatable bonds is 5. The van der Waals surface area contributed by atoms with Crippen LogP contribution < -0.4 is 0 Å². The van der Waals surface area contributed by atoms with Crippen molar-refractivity contribution >= 4 is 15.9 Å². The lowest BCUT2D eigenvalue weighted by atomic mass is 10.0. The maximum Gasteiger partial charge on any atom is 0.124 e. The Bertz CT molecular complexity index is 487. The van der Waals surface area contributed by atoms with Crippen molar-refractivity contribution in [3.8, 4) is 0 Å². The Morgan fingerprint density at radius 1 is 1.22 bits per heavy atom. The molecular weight excluding hydrogens is 292 g/mol. The Labute approximate surface area is 116 Å². The molecule has 0 saturated carbocycles. The molecule has 0 saturated heterocycles. The van der Waals surface area contributed by atoms with Gasteiger partial charge in [-0.1, -0.05) is 40.2 Å². The number of hydrogen-bond donors (Lipinski definition) is 0. The Kier molecular flexibility index (Phi) is 4.61. The van der Waals surface area contributed by atoms with E-state index in [0.29, 0.717) is 0 Å². The molecule has 1 aromatic heterocycles. The average Bonchev–Trinajstić information content (AvgIpc) is 2.82. The summed E-state index contributed by atoms with van der Waals surface area (Å²) in [5.41, 5.74) is 3.66. The maximum absolute atomic E-state index is 5.51. The molecule has 0 aliphatic heterocycles. The van der Waals surface area contributed by atoms with E-state index in [9.17, 15) is 0 Å². The van der Waals surface area contributed by atoms with Gasteiger partial charge in [-0.25, -0.2) is 0 Å². The lowest BCUT2D eigenvalue weighted by molar-refractivity contribution is 0.202. The van der Waals surface area contributed by atoms with Gasteiger partial charge >= 0.3 is 0 Å². The van der Waals surface area contributed by atoms with Crippen LogP contribution in [0.2, 0.25) is 0 Å². The van der Waals surface area contributed by atoms with E-state index in [1.165, 1.54) is 16.7 Å². The van der Waals surface area contributed by atoms with Crippen LogP contribution in [0.5, 0.6) is 0 Å². The second-order valence-corrected chi connectivity index (χ2v) is 5.23. The van der Waals surface area contributed by atoms with Crippen LogP contribution in [0.4, 0.5) is 0 Å². The van der Waals surface area contributed by atoms with Gasteiger partial charge in [-0.05, 0) is 36.1 Å². The van der Waals surface area contributed by atoms with Gasteiger partial charge in [0.15, 0.2) is 0 Å². The van der Waals surface area contributed by atoms with Crippen LogP contribution in [-0.4, -0.2) is 13.7 Å². The van der Waals surface area contributed by atoms with E-state index in [1.54, 1.807) is 13.4 Å². The van der Waals surface area contributed by atoms with Gasteiger partial charge in [0.2, 0.25) is 0 Å². The molecule has 2 rings (SSSR count). The number of alkyl halides is 1. The number of furan rings is 1. The summed E-state index contributed by atoms with van der Waals surface area (Å²) in [4.78, 5) is 0.115. The van der Waals surface area contributed by atoms with Gasteiger partial charge < -0.3 is 9.15 Å². The van der Waals surface area contributed by atoms with E-state index < -0.39 is 0 Å². The number of ether oxygens (including phenoxy) is 1. The van der Waals surface area contributed by atoms with E-state index in [4.69, 9.17) is 9.15 Å². The molecule has 0 bridgehead atoms. The van der Waals surface area contributed by atoms with Crippen molar-refractivity contribution in [3.63, 3.8) is 0 Å². The number of methoxy groups -OCH3 is 1. The van der Waals surface area contributed by atoms with Gasteiger partial charge in [0.05, 0.1) is 17.7 Å². The van der Waals surface area contributed by atoms with Crippen molar-refractivity contribution in [1.29, 1.82) is 0 Å². The van der Waals surface area contributed by atoms with Gasteiger partial charge in [0, 0.05) is 7.11 Å². The fourth-order valence-corrected chi connectivity index (χ4v) is 2.64. The molecule has 3 heteroatoms. The third-order valence-electron chi connectivity index (χ3n) is 3.00. The van der Waals surface area contributed by atoms with Crippen LogP contribution in [0.3, 0.4) is 0 Å². The van der Waals surface area contributed by atoms with Gasteiger partial charge in [-0.2, -0.15) is 0 Å². The summed E-state index contributed by atoms with van der Waals surface area (Å²) in [5, 5.41) is 0. The topological polar surface area (TPSA) is 22.4 Å². The number of hydrogen-bond acceptors (Lipinski definition) is 2. The molecule has 0 amide bonds. The first-order chi connectivity index (χ1) is 8.72. The summed E-state index contributed by atoms with van der Waals surface area (Å²) in [6, 6.07) is 10.5. The molecule has 1 heterocycles. The van der Waals surface area contributed by atoms with Crippen LogP contribution in [0, 0.1) is 6.92 Å². The Hall–Kier alpha value is -1.06.